The highest BCUT2D eigenvalue weighted by atomic mass is 16.2. The number of benzene rings is 1. The molecule has 2 heterocycles. The van der Waals surface area contributed by atoms with Crippen molar-refractivity contribution in [2.45, 2.75) is 19.5 Å². The van der Waals surface area contributed by atoms with Gasteiger partial charge in [-0.05, 0) is 30.8 Å². The molecule has 0 unspecified atom stereocenters. The third-order valence-electron chi connectivity index (χ3n) is 4.26. The molecule has 1 amide bonds. The number of nitrogens with zero attached hydrogens (tertiary/aromatic N) is 4. The Morgan fingerprint density at radius 2 is 2.00 bits per heavy atom. The summed E-state index contributed by atoms with van der Waals surface area (Å²) >= 11 is 0. The maximum Gasteiger partial charge on any atom is 0.247 e. The van der Waals surface area contributed by atoms with E-state index in [2.05, 4.69) is 15.4 Å². The van der Waals surface area contributed by atoms with Crippen LogP contribution in [0.1, 0.15) is 24.1 Å². The van der Waals surface area contributed by atoms with E-state index in [-0.39, 0.29) is 11.9 Å². The SMILES string of the molecule is CCN(C)[C@H](C(=O)Nc1ccn(Cc2cccnc2)n1)c1ccccc1. The van der Waals surface area contributed by atoms with Crippen molar-refractivity contribution in [3.05, 3.63) is 78.2 Å². The van der Waals surface area contributed by atoms with Gasteiger partial charge in [-0.15, -0.1) is 0 Å². The lowest BCUT2D eigenvalue weighted by molar-refractivity contribution is -0.121. The number of pyridine rings is 1. The highest BCUT2D eigenvalue weighted by molar-refractivity contribution is 5.94. The third kappa shape index (κ3) is 4.34. The quantitative estimate of drug-likeness (QED) is 0.712. The van der Waals surface area contributed by atoms with Gasteiger partial charge in [0.25, 0.3) is 0 Å². The second-order valence-corrected chi connectivity index (χ2v) is 6.14. The fourth-order valence-electron chi connectivity index (χ4n) is 2.81. The third-order valence-corrected chi connectivity index (χ3v) is 4.26. The molecule has 134 valence electrons. The lowest BCUT2D eigenvalue weighted by Crippen LogP contribution is -2.34. The minimum Gasteiger partial charge on any atom is -0.308 e. The summed E-state index contributed by atoms with van der Waals surface area (Å²) in [7, 11) is 1.94. The molecule has 0 radical (unpaired) electrons. The van der Waals surface area contributed by atoms with Gasteiger partial charge in [0.1, 0.15) is 6.04 Å². The highest BCUT2D eigenvalue weighted by Gasteiger charge is 2.24. The van der Waals surface area contributed by atoms with Crippen molar-refractivity contribution in [1.29, 1.82) is 0 Å². The standard InChI is InChI=1S/C20H23N5O/c1-3-24(2)19(17-9-5-4-6-10-17)20(26)22-18-11-13-25(23-18)15-16-8-7-12-21-14-16/h4-14,19H,3,15H2,1-2H3,(H,22,23,26)/t19-/m0/s1. The van der Waals surface area contributed by atoms with Gasteiger partial charge in [0.2, 0.25) is 5.91 Å². The summed E-state index contributed by atoms with van der Waals surface area (Å²) in [4.78, 5) is 19.0. The van der Waals surface area contributed by atoms with Crippen LogP contribution in [0.25, 0.3) is 0 Å². The Kier molecular flexibility index (Phi) is 5.76. The minimum atomic E-state index is -0.357. The van der Waals surface area contributed by atoms with E-state index < -0.39 is 0 Å². The monoisotopic (exact) mass is 349 g/mol. The lowest BCUT2D eigenvalue weighted by Gasteiger charge is -2.25. The fourth-order valence-corrected chi connectivity index (χ4v) is 2.81. The van der Waals surface area contributed by atoms with E-state index in [1.54, 1.807) is 10.9 Å². The molecule has 0 aliphatic carbocycles. The number of carbonyl (C=O) groups is 1. The zero-order valence-electron chi connectivity index (χ0n) is 15.0. The van der Waals surface area contributed by atoms with Gasteiger partial charge < -0.3 is 5.32 Å². The van der Waals surface area contributed by atoms with E-state index in [0.717, 1.165) is 17.7 Å². The number of likely N-dealkylation sites (N-methyl/N-ethyl adjacent to an activating group) is 1. The maximum absolute atomic E-state index is 12.9. The van der Waals surface area contributed by atoms with Gasteiger partial charge in [-0.1, -0.05) is 43.3 Å². The second-order valence-electron chi connectivity index (χ2n) is 6.14. The van der Waals surface area contributed by atoms with E-state index >= 15 is 0 Å². The lowest BCUT2D eigenvalue weighted by atomic mass is 10.0. The average molecular weight is 349 g/mol. The molecule has 0 bridgehead atoms. The summed E-state index contributed by atoms with van der Waals surface area (Å²) in [5.74, 6) is 0.455. The van der Waals surface area contributed by atoms with E-state index in [1.807, 2.05) is 79.8 Å². The molecule has 0 fully saturated rings. The van der Waals surface area contributed by atoms with Crippen LogP contribution < -0.4 is 5.32 Å². The number of aromatic nitrogens is 3. The maximum atomic E-state index is 12.9. The van der Waals surface area contributed by atoms with Crippen molar-refractivity contribution in [3.8, 4) is 0 Å². The van der Waals surface area contributed by atoms with Crippen LogP contribution in [0.2, 0.25) is 0 Å². The summed E-state index contributed by atoms with van der Waals surface area (Å²) in [6.07, 6.45) is 5.40. The Hall–Kier alpha value is -2.99. The van der Waals surface area contributed by atoms with Crippen LogP contribution in [0.15, 0.2) is 67.1 Å². The minimum absolute atomic E-state index is 0.0906. The molecule has 1 N–H and O–H groups in total. The van der Waals surface area contributed by atoms with Crippen molar-refractivity contribution in [1.82, 2.24) is 19.7 Å². The predicted octanol–water partition coefficient (Wildman–Crippen LogP) is 2.96. The molecule has 26 heavy (non-hydrogen) atoms. The second kappa shape index (κ2) is 8.40. The molecule has 3 rings (SSSR count). The molecule has 1 aromatic carbocycles. The van der Waals surface area contributed by atoms with Crippen LogP contribution >= 0.6 is 0 Å². The summed E-state index contributed by atoms with van der Waals surface area (Å²) in [5, 5.41) is 7.38. The van der Waals surface area contributed by atoms with E-state index in [1.165, 1.54) is 0 Å². The Morgan fingerprint density at radius 3 is 2.69 bits per heavy atom. The first-order valence-corrected chi connectivity index (χ1v) is 8.65. The number of hydrogen-bond acceptors (Lipinski definition) is 4. The van der Waals surface area contributed by atoms with Gasteiger partial charge in [0.05, 0.1) is 6.54 Å². The molecule has 3 aromatic rings. The van der Waals surface area contributed by atoms with Crippen LogP contribution in [0.4, 0.5) is 5.82 Å². The molecule has 0 aliphatic rings. The van der Waals surface area contributed by atoms with Crippen LogP contribution in [0, 0.1) is 0 Å². The van der Waals surface area contributed by atoms with Crippen LogP contribution in [-0.2, 0) is 11.3 Å². The number of hydrogen-bond donors (Lipinski definition) is 1. The number of anilines is 1. The zero-order chi connectivity index (χ0) is 18.4. The average Bonchev–Trinajstić information content (AvgIpc) is 3.10. The first-order valence-electron chi connectivity index (χ1n) is 8.65. The summed E-state index contributed by atoms with van der Waals surface area (Å²) in [6.45, 7) is 3.41. The first-order chi connectivity index (χ1) is 12.7. The topological polar surface area (TPSA) is 63.1 Å². The number of amides is 1. The van der Waals surface area contributed by atoms with E-state index in [0.29, 0.717) is 12.4 Å². The Morgan fingerprint density at radius 1 is 1.19 bits per heavy atom. The summed E-state index contributed by atoms with van der Waals surface area (Å²) in [6, 6.07) is 15.1. The van der Waals surface area contributed by atoms with Crippen molar-refractivity contribution in [2.24, 2.45) is 0 Å². The van der Waals surface area contributed by atoms with Gasteiger partial charge in [-0.3, -0.25) is 19.4 Å². The van der Waals surface area contributed by atoms with Gasteiger partial charge in [-0.2, -0.15) is 5.10 Å². The van der Waals surface area contributed by atoms with Crippen molar-refractivity contribution in [3.63, 3.8) is 0 Å². The molecular weight excluding hydrogens is 326 g/mol. The number of rotatable bonds is 7. The largest absolute Gasteiger partial charge is 0.308 e. The molecule has 6 nitrogen and oxygen atoms in total. The smallest absolute Gasteiger partial charge is 0.247 e. The number of carbonyl (C=O) groups excluding carboxylic acids is 1. The first kappa shape index (κ1) is 17.8. The van der Waals surface area contributed by atoms with Crippen molar-refractivity contribution >= 4 is 11.7 Å². The van der Waals surface area contributed by atoms with Gasteiger partial charge >= 0.3 is 0 Å². The van der Waals surface area contributed by atoms with Crippen LogP contribution in [0.5, 0.6) is 0 Å². The Labute approximate surface area is 153 Å². The van der Waals surface area contributed by atoms with Crippen molar-refractivity contribution in [2.75, 3.05) is 18.9 Å². The van der Waals surface area contributed by atoms with Crippen molar-refractivity contribution < 1.29 is 4.79 Å². The molecular formula is C20H23N5O. The zero-order valence-corrected chi connectivity index (χ0v) is 15.0. The van der Waals surface area contributed by atoms with Gasteiger partial charge in [0.15, 0.2) is 5.82 Å². The number of nitrogens with one attached hydrogen (secondary N) is 1. The van der Waals surface area contributed by atoms with Gasteiger partial charge in [-0.25, -0.2) is 0 Å². The highest BCUT2D eigenvalue weighted by Crippen LogP contribution is 2.21. The van der Waals surface area contributed by atoms with Gasteiger partial charge in [0, 0.05) is 24.7 Å². The normalized spacial score (nSPS) is 12.1. The molecule has 1 atom stereocenters. The summed E-state index contributed by atoms with van der Waals surface area (Å²) in [5.41, 5.74) is 2.02. The van der Waals surface area contributed by atoms with Crippen LogP contribution in [-0.4, -0.2) is 39.2 Å². The Bertz CT molecular complexity index is 832. The molecule has 0 saturated carbocycles. The van der Waals surface area contributed by atoms with Crippen LogP contribution in [0.3, 0.4) is 0 Å². The van der Waals surface area contributed by atoms with E-state index in [9.17, 15) is 4.79 Å². The molecule has 0 aliphatic heterocycles. The molecule has 0 saturated heterocycles. The van der Waals surface area contributed by atoms with E-state index in [4.69, 9.17) is 0 Å². The summed E-state index contributed by atoms with van der Waals surface area (Å²) < 4.78 is 1.79. The fraction of sp³-hybridized carbons (Fsp3) is 0.250. The molecule has 6 heteroatoms. The molecule has 2 aromatic heterocycles. The predicted molar refractivity (Wildman–Crippen MR) is 102 cm³/mol. The Balaban J connectivity index is 1.72. The molecule has 0 spiro atoms.